The average molecular weight is 277 g/mol. The van der Waals surface area contributed by atoms with Crippen LogP contribution in [0.1, 0.15) is 42.5 Å². The summed E-state index contributed by atoms with van der Waals surface area (Å²) in [4.78, 5) is 18.5. The molecule has 0 aliphatic carbocycles. The van der Waals surface area contributed by atoms with Crippen LogP contribution in [0.25, 0.3) is 0 Å². The Morgan fingerprint density at radius 2 is 2.40 bits per heavy atom. The number of likely N-dealkylation sites (tertiary alicyclic amines) is 1. The van der Waals surface area contributed by atoms with Crippen LogP contribution < -0.4 is 5.73 Å². The molecular formula is C15H23N3O2. The molecule has 0 saturated carbocycles. The zero-order valence-electron chi connectivity index (χ0n) is 12.0. The van der Waals surface area contributed by atoms with Crippen molar-refractivity contribution < 1.29 is 9.53 Å². The number of methoxy groups -OCH3 is 1. The van der Waals surface area contributed by atoms with Crippen molar-refractivity contribution in [3.8, 4) is 0 Å². The van der Waals surface area contributed by atoms with Gasteiger partial charge in [0.2, 0.25) is 0 Å². The zero-order valence-corrected chi connectivity index (χ0v) is 12.0. The second-order valence-electron chi connectivity index (χ2n) is 5.25. The van der Waals surface area contributed by atoms with Crippen LogP contribution in [0, 0.1) is 0 Å². The molecule has 2 rings (SSSR count). The van der Waals surface area contributed by atoms with Gasteiger partial charge in [0.15, 0.2) is 0 Å². The van der Waals surface area contributed by atoms with Crippen molar-refractivity contribution in [2.24, 2.45) is 0 Å². The van der Waals surface area contributed by atoms with E-state index in [9.17, 15) is 4.79 Å². The number of piperidine rings is 1. The number of rotatable bonds is 5. The fourth-order valence-electron chi connectivity index (χ4n) is 2.78. The Kier molecular flexibility index (Phi) is 5.35. The molecule has 1 aromatic rings. The standard InChI is InChI=1S/C15H23N3O2/c1-20-10-4-6-13-5-2-3-9-18(13)15(19)12-7-8-17-14(16)11-12/h7-8,11,13H,2-6,9-10H2,1H3,(H2,16,17)/t13-/m1/s1. The first kappa shape index (κ1) is 14.8. The molecule has 0 radical (unpaired) electrons. The molecule has 1 aromatic heterocycles. The Balaban J connectivity index is 2.05. The molecule has 20 heavy (non-hydrogen) atoms. The zero-order chi connectivity index (χ0) is 14.4. The van der Waals surface area contributed by atoms with Gasteiger partial charge in [0.05, 0.1) is 0 Å². The van der Waals surface area contributed by atoms with E-state index >= 15 is 0 Å². The van der Waals surface area contributed by atoms with Gasteiger partial charge in [-0.15, -0.1) is 0 Å². The van der Waals surface area contributed by atoms with E-state index in [1.54, 1.807) is 25.4 Å². The summed E-state index contributed by atoms with van der Waals surface area (Å²) in [5, 5.41) is 0. The number of hydrogen-bond acceptors (Lipinski definition) is 4. The highest BCUT2D eigenvalue weighted by atomic mass is 16.5. The third kappa shape index (κ3) is 3.70. The van der Waals surface area contributed by atoms with Gasteiger partial charge in [0, 0.05) is 38.1 Å². The number of hydrogen-bond donors (Lipinski definition) is 1. The van der Waals surface area contributed by atoms with Gasteiger partial charge in [0.1, 0.15) is 5.82 Å². The molecular weight excluding hydrogens is 254 g/mol. The molecule has 5 nitrogen and oxygen atoms in total. The van der Waals surface area contributed by atoms with Crippen molar-refractivity contribution in [3.05, 3.63) is 23.9 Å². The quantitative estimate of drug-likeness (QED) is 0.837. The van der Waals surface area contributed by atoms with Crippen LogP contribution in [0.2, 0.25) is 0 Å². The second-order valence-corrected chi connectivity index (χ2v) is 5.25. The van der Waals surface area contributed by atoms with E-state index in [-0.39, 0.29) is 5.91 Å². The molecule has 2 N–H and O–H groups in total. The first-order valence-electron chi connectivity index (χ1n) is 7.24. The lowest BCUT2D eigenvalue weighted by Crippen LogP contribution is -2.43. The van der Waals surface area contributed by atoms with E-state index in [1.807, 2.05) is 4.90 Å². The van der Waals surface area contributed by atoms with Crippen LogP contribution in [0.4, 0.5) is 5.82 Å². The fraction of sp³-hybridized carbons (Fsp3) is 0.600. The Morgan fingerprint density at radius 3 is 3.15 bits per heavy atom. The SMILES string of the molecule is COCCC[C@H]1CCCCN1C(=O)c1ccnc(N)c1. The Labute approximate surface area is 120 Å². The molecule has 1 atom stereocenters. The highest BCUT2D eigenvalue weighted by Gasteiger charge is 2.27. The molecule has 1 saturated heterocycles. The van der Waals surface area contributed by atoms with E-state index in [1.165, 1.54) is 6.42 Å². The van der Waals surface area contributed by atoms with Crippen LogP contribution in [0.5, 0.6) is 0 Å². The summed E-state index contributed by atoms with van der Waals surface area (Å²) in [7, 11) is 1.71. The molecule has 1 aliphatic heterocycles. The summed E-state index contributed by atoms with van der Waals surface area (Å²) in [5.74, 6) is 0.463. The maximum Gasteiger partial charge on any atom is 0.254 e. The van der Waals surface area contributed by atoms with Crippen molar-refractivity contribution in [1.82, 2.24) is 9.88 Å². The molecule has 1 amide bonds. The topological polar surface area (TPSA) is 68.5 Å². The van der Waals surface area contributed by atoms with Gasteiger partial charge in [-0.1, -0.05) is 0 Å². The largest absolute Gasteiger partial charge is 0.385 e. The molecule has 0 aromatic carbocycles. The average Bonchev–Trinajstić information content (AvgIpc) is 2.47. The number of anilines is 1. The minimum atomic E-state index is 0.0706. The van der Waals surface area contributed by atoms with Crippen molar-refractivity contribution >= 4 is 11.7 Å². The predicted molar refractivity (Wildman–Crippen MR) is 78.4 cm³/mol. The molecule has 1 aliphatic rings. The fourth-order valence-corrected chi connectivity index (χ4v) is 2.78. The van der Waals surface area contributed by atoms with Gasteiger partial charge in [-0.25, -0.2) is 4.98 Å². The lowest BCUT2D eigenvalue weighted by atomic mass is 9.97. The molecule has 1 fully saturated rings. The van der Waals surface area contributed by atoms with Gasteiger partial charge < -0.3 is 15.4 Å². The lowest BCUT2D eigenvalue weighted by molar-refractivity contribution is 0.0585. The van der Waals surface area contributed by atoms with Crippen LogP contribution in [0.15, 0.2) is 18.3 Å². The Hall–Kier alpha value is -1.62. The van der Waals surface area contributed by atoms with E-state index in [2.05, 4.69) is 4.98 Å². The number of nitrogen functional groups attached to an aromatic ring is 1. The van der Waals surface area contributed by atoms with Crippen LogP contribution in [-0.2, 0) is 4.74 Å². The molecule has 0 spiro atoms. The van der Waals surface area contributed by atoms with Gasteiger partial charge in [-0.2, -0.15) is 0 Å². The lowest BCUT2D eigenvalue weighted by Gasteiger charge is -2.36. The number of nitrogens with two attached hydrogens (primary N) is 1. The summed E-state index contributed by atoms with van der Waals surface area (Å²) in [6.45, 7) is 1.58. The van der Waals surface area contributed by atoms with E-state index in [4.69, 9.17) is 10.5 Å². The number of ether oxygens (including phenoxy) is 1. The third-order valence-electron chi connectivity index (χ3n) is 3.80. The third-order valence-corrected chi connectivity index (χ3v) is 3.80. The van der Waals surface area contributed by atoms with Gasteiger partial charge in [0.25, 0.3) is 5.91 Å². The highest BCUT2D eigenvalue weighted by molar-refractivity contribution is 5.95. The summed E-state index contributed by atoms with van der Waals surface area (Å²) in [6.07, 6.45) is 6.93. The number of carbonyl (C=O) groups is 1. The predicted octanol–water partition coefficient (Wildman–Crippen LogP) is 2.09. The van der Waals surface area contributed by atoms with Crippen molar-refractivity contribution in [1.29, 1.82) is 0 Å². The van der Waals surface area contributed by atoms with E-state index < -0.39 is 0 Å². The summed E-state index contributed by atoms with van der Waals surface area (Å²) >= 11 is 0. The first-order valence-corrected chi connectivity index (χ1v) is 7.24. The first-order chi connectivity index (χ1) is 9.72. The minimum absolute atomic E-state index is 0.0706. The van der Waals surface area contributed by atoms with Crippen molar-refractivity contribution in [2.45, 2.75) is 38.1 Å². The van der Waals surface area contributed by atoms with Crippen molar-refractivity contribution in [3.63, 3.8) is 0 Å². The summed E-state index contributed by atoms with van der Waals surface area (Å²) < 4.78 is 5.10. The number of aromatic nitrogens is 1. The number of pyridine rings is 1. The number of carbonyl (C=O) groups excluding carboxylic acids is 1. The van der Waals surface area contributed by atoms with E-state index in [0.29, 0.717) is 17.4 Å². The van der Waals surface area contributed by atoms with Gasteiger partial charge in [-0.3, -0.25) is 4.79 Å². The maximum atomic E-state index is 12.6. The molecule has 2 heterocycles. The molecule has 0 unspecified atom stereocenters. The van der Waals surface area contributed by atoms with Crippen LogP contribution in [-0.4, -0.2) is 42.1 Å². The number of amides is 1. The second kappa shape index (κ2) is 7.24. The maximum absolute atomic E-state index is 12.6. The molecule has 0 bridgehead atoms. The minimum Gasteiger partial charge on any atom is -0.385 e. The molecule has 5 heteroatoms. The summed E-state index contributed by atoms with van der Waals surface area (Å²) in [5.41, 5.74) is 6.30. The monoisotopic (exact) mass is 277 g/mol. The molecule has 110 valence electrons. The Morgan fingerprint density at radius 1 is 1.55 bits per heavy atom. The van der Waals surface area contributed by atoms with Gasteiger partial charge >= 0.3 is 0 Å². The van der Waals surface area contributed by atoms with Crippen LogP contribution in [0.3, 0.4) is 0 Å². The van der Waals surface area contributed by atoms with Crippen molar-refractivity contribution in [2.75, 3.05) is 26.0 Å². The Bertz CT molecular complexity index is 450. The van der Waals surface area contributed by atoms with Crippen LogP contribution >= 0.6 is 0 Å². The van der Waals surface area contributed by atoms with E-state index in [0.717, 1.165) is 38.8 Å². The smallest absolute Gasteiger partial charge is 0.254 e. The number of nitrogens with zero attached hydrogens (tertiary/aromatic N) is 2. The van der Waals surface area contributed by atoms with Gasteiger partial charge in [-0.05, 0) is 44.2 Å². The summed E-state index contributed by atoms with van der Waals surface area (Å²) in [6, 6.07) is 3.71. The normalized spacial score (nSPS) is 19.1. The highest BCUT2D eigenvalue weighted by Crippen LogP contribution is 2.23.